The Morgan fingerprint density at radius 2 is 0.892 bits per heavy atom. The fourth-order valence-corrected chi connectivity index (χ4v) is 15.6. The summed E-state index contributed by atoms with van der Waals surface area (Å²) in [5.41, 5.74) is 0. The molecule has 0 fully saturated rings. The molecule has 2 atom stereocenters. The van der Waals surface area contributed by atoms with Crippen molar-refractivity contribution in [2.75, 3.05) is 11.5 Å². The van der Waals surface area contributed by atoms with Crippen LogP contribution in [-0.4, -0.2) is 42.6 Å². The maximum atomic E-state index is 13.5. The number of unbranched alkanes of at least 4 members (excludes halogenated alkanes) is 10. The van der Waals surface area contributed by atoms with E-state index < -0.39 is 19.2 Å². The van der Waals surface area contributed by atoms with Crippen LogP contribution in [0.1, 0.15) is 143 Å². The Labute approximate surface area is 246 Å². The summed E-state index contributed by atoms with van der Waals surface area (Å²) in [4.78, 5) is 27.1. The fraction of sp³-hybridized carbons (Fsp3) is 0.933. The molecule has 0 radical (unpaired) electrons. The Kier molecular flexibility index (Phi) is 25.7. The minimum atomic E-state index is -3.97. The van der Waals surface area contributed by atoms with E-state index in [1.165, 1.54) is 38.5 Å². The molecular formula is C30H60O4S2Sn. The minimum absolute atomic E-state index is 0.120. The van der Waals surface area contributed by atoms with Crippen molar-refractivity contribution in [3.8, 4) is 0 Å². The molecule has 0 aliphatic heterocycles. The van der Waals surface area contributed by atoms with Crippen LogP contribution >= 0.6 is 25.3 Å². The van der Waals surface area contributed by atoms with Crippen LogP contribution in [0.25, 0.3) is 0 Å². The standard InChI is InChI=1S/2C11H22O2S.2C4H9.Sn/c2*1-2-3-4-5-6-7-10(8-9-14)11(12)13;2*1-3-4-2;/h2*10,14H,2-9H2,1H3,(H,12,13);2*1,3-4H2,2H3;/q;;;;+2/p-2. The number of hydrogen-bond acceptors (Lipinski definition) is 6. The summed E-state index contributed by atoms with van der Waals surface area (Å²) in [7, 11) is 0. The maximum absolute atomic E-state index is 13.5. The molecule has 0 rings (SSSR count). The molecular weight excluding hydrogens is 607 g/mol. The summed E-state index contributed by atoms with van der Waals surface area (Å²) in [5, 5.41) is 0. The first-order valence-electron chi connectivity index (χ1n) is 15.6. The number of rotatable bonds is 26. The molecule has 0 aliphatic rings. The van der Waals surface area contributed by atoms with E-state index in [0.717, 1.165) is 85.9 Å². The van der Waals surface area contributed by atoms with Gasteiger partial charge < -0.3 is 0 Å². The second-order valence-corrected chi connectivity index (χ2v) is 20.9. The zero-order valence-corrected chi connectivity index (χ0v) is 29.4. The first kappa shape index (κ1) is 37.4. The Bertz CT molecular complexity index is 514. The molecule has 4 nitrogen and oxygen atoms in total. The second kappa shape index (κ2) is 25.4. The zero-order chi connectivity index (χ0) is 27.8. The fourth-order valence-electron chi connectivity index (χ4n) is 4.84. The van der Waals surface area contributed by atoms with Crippen LogP contribution in [0.5, 0.6) is 0 Å². The number of carbonyl (C=O) groups is 2. The van der Waals surface area contributed by atoms with Gasteiger partial charge in [-0.2, -0.15) is 0 Å². The van der Waals surface area contributed by atoms with Gasteiger partial charge in [0.05, 0.1) is 0 Å². The van der Waals surface area contributed by atoms with E-state index in [1.54, 1.807) is 0 Å². The van der Waals surface area contributed by atoms with E-state index in [0.29, 0.717) is 11.5 Å². The molecule has 0 saturated heterocycles. The van der Waals surface area contributed by atoms with Crippen molar-refractivity contribution in [1.82, 2.24) is 0 Å². The van der Waals surface area contributed by atoms with E-state index in [2.05, 4.69) is 53.0 Å². The van der Waals surface area contributed by atoms with Crippen LogP contribution in [0.4, 0.5) is 0 Å². The van der Waals surface area contributed by atoms with Gasteiger partial charge in [0.15, 0.2) is 0 Å². The molecule has 0 bridgehead atoms. The summed E-state index contributed by atoms with van der Waals surface area (Å²) >= 11 is 4.90. The summed E-state index contributed by atoms with van der Waals surface area (Å²) < 4.78 is 14.5. The van der Waals surface area contributed by atoms with Crippen LogP contribution in [-0.2, 0) is 15.7 Å². The molecule has 0 spiro atoms. The van der Waals surface area contributed by atoms with Crippen LogP contribution in [0.2, 0.25) is 8.87 Å². The molecule has 2 unspecified atom stereocenters. The van der Waals surface area contributed by atoms with Crippen molar-refractivity contribution < 1.29 is 15.7 Å². The van der Waals surface area contributed by atoms with Gasteiger partial charge in [0, 0.05) is 0 Å². The Morgan fingerprint density at radius 1 is 0.541 bits per heavy atom. The molecule has 0 amide bonds. The molecule has 37 heavy (non-hydrogen) atoms. The molecule has 220 valence electrons. The van der Waals surface area contributed by atoms with Gasteiger partial charge in [-0.1, -0.05) is 0 Å². The van der Waals surface area contributed by atoms with Gasteiger partial charge in [-0.05, 0) is 0 Å². The van der Waals surface area contributed by atoms with Gasteiger partial charge in [-0.15, -0.1) is 0 Å². The third-order valence-corrected chi connectivity index (χ3v) is 17.5. The molecule has 0 heterocycles. The summed E-state index contributed by atoms with van der Waals surface area (Å²) in [5.74, 6) is 0.829. The van der Waals surface area contributed by atoms with Gasteiger partial charge >= 0.3 is 248 Å². The quantitative estimate of drug-likeness (QED) is 0.0548. The second-order valence-electron chi connectivity index (χ2n) is 10.8. The molecule has 7 heteroatoms. The van der Waals surface area contributed by atoms with E-state index in [1.807, 2.05) is 0 Å². The van der Waals surface area contributed by atoms with E-state index >= 15 is 0 Å². The van der Waals surface area contributed by atoms with Crippen molar-refractivity contribution in [2.24, 2.45) is 11.8 Å². The van der Waals surface area contributed by atoms with Crippen molar-refractivity contribution in [3.63, 3.8) is 0 Å². The summed E-state index contributed by atoms with van der Waals surface area (Å²) in [6, 6.07) is 0. The predicted octanol–water partition coefficient (Wildman–Crippen LogP) is 9.71. The first-order valence-corrected chi connectivity index (χ1v) is 23.2. The SMILES string of the molecule is CCCCCCCC(CCS)C(=O)[O][Sn]([CH2]CCC)([CH2]CCC)[O]C(=O)C(CCS)CCCCCCC. The van der Waals surface area contributed by atoms with Gasteiger partial charge in [0.2, 0.25) is 0 Å². The number of carbonyl (C=O) groups excluding carboxylic acids is 2. The molecule has 0 aromatic carbocycles. The normalized spacial score (nSPS) is 13.4. The Balaban J connectivity index is 5.55. The predicted molar refractivity (Wildman–Crippen MR) is 168 cm³/mol. The average molecular weight is 668 g/mol. The molecule has 0 aromatic rings. The van der Waals surface area contributed by atoms with Crippen molar-refractivity contribution in [1.29, 1.82) is 0 Å². The first-order chi connectivity index (χ1) is 17.9. The van der Waals surface area contributed by atoms with Crippen molar-refractivity contribution >= 4 is 56.4 Å². The van der Waals surface area contributed by atoms with Crippen LogP contribution in [0.15, 0.2) is 0 Å². The van der Waals surface area contributed by atoms with Crippen molar-refractivity contribution in [3.05, 3.63) is 0 Å². The van der Waals surface area contributed by atoms with Crippen LogP contribution < -0.4 is 0 Å². The zero-order valence-electron chi connectivity index (χ0n) is 24.7. The third kappa shape index (κ3) is 18.4. The van der Waals surface area contributed by atoms with Gasteiger partial charge in [-0.3, -0.25) is 0 Å². The van der Waals surface area contributed by atoms with Crippen LogP contribution in [0.3, 0.4) is 0 Å². The molecule has 0 N–H and O–H groups in total. The topological polar surface area (TPSA) is 52.6 Å². The monoisotopic (exact) mass is 668 g/mol. The number of hydrogen-bond donors (Lipinski definition) is 2. The van der Waals surface area contributed by atoms with Crippen molar-refractivity contribution in [2.45, 2.75) is 152 Å². The van der Waals surface area contributed by atoms with Crippen LogP contribution in [0, 0.1) is 11.8 Å². The summed E-state index contributed by atoms with van der Waals surface area (Å²) in [6.45, 7) is 8.74. The van der Waals surface area contributed by atoms with E-state index in [9.17, 15) is 9.59 Å². The van der Waals surface area contributed by atoms with Gasteiger partial charge in [0.25, 0.3) is 0 Å². The van der Waals surface area contributed by atoms with Gasteiger partial charge in [-0.25, -0.2) is 0 Å². The average Bonchev–Trinajstić information content (AvgIpc) is 2.89. The van der Waals surface area contributed by atoms with E-state index in [4.69, 9.17) is 6.15 Å². The van der Waals surface area contributed by atoms with E-state index in [-0.39, 0.29) is 23.8 Å². The Morgan fingerprint density at radius 3 is 1.22 bits per heavy atom. The molecule has 0 aromatic heterocycles. The molecule has 0 saturated carbocycles. The Hall–Kier alpha value is 0.439. The van der Waals surface area contributed by atoms with Gasteiger partial charge in [0.1, 0.15) is 0 Å². The number of thiol groups is 2. The third-order valence-electron chi connectivity index (χ3n) is 7.33. The molecule has 0 aliphatic carbocycles. The summed E-state index contributed by atoms with van der Waals surface area (Å²) in [6.07, 6.45) is 18.8.